The molecule has 1 aromatic heterocycles. The minimum Gasteiger partial charge on any atom is -0.396 e. The van der Waals surface area contributed by atoms with Gasteiger partial charge in [0.25, 0.3) is 0 Å². The van der Waals surface area contributed by atoms with E-state index < -0.39 is 0 Å². The summed E-state index contributed by atoms with van der Waals surface area (Å²) in [5, 5.41) is 14.7. The van der Waals surface area contributed by atoms with Crippen LogP contribution in [-0.4, -0.2) is 37.5 Å². The average Bonchev–Trinajstić information content (AvgIpc) is 2.82. The van der Waals surface area contributed by atoms with Gasteiger partial charge >= 0.3 is 0 Å². The number of nitrogens with zero attached hydrogens (tertiary/aromatic N) is 3. The molecule has 5 heteroatoms. The average molecular weight is 267 g/mol. The normalized spacial score (nSPS) is 28.1. The number of fused-ring (bicyclic) bond motifs is 1. The summed E-state index contributed by atoms with van der Waals surface area (Å²) < 4.78 is 2.02. The minimum atomic E-state index is 0.205. The third-order valence-electron chi connectivity index (χ3n) is 3.94. The Labute approximate surface area is 112 Å². The first kappa shape index (κ1) is 12.5. The highest BCUT2D eigenvalue weighted by molar-refractivity contribution is 7.99. The number of aryl methyl sites for hydroxylation is 1. The van der Waals surface area contributed by atoms with Gasteiger partial charge in [0.15, 0.2) is 5.82 Å². The molecular weight excluding hydrogens is 246 g/mol. The van der Waals surface area contributed by atoms with Gasteiger partial charge in [0, 0.05) is 24.1 Å². The van der Waals surface area contributed by atoms with E-state index in [1.165, 1.54) is 25.0 Å². The van der Waals surface area contributed by atoms with Gasteiger partial charge in [-0.1, -0.05) is 6.42 Å². The molecular formula is C13H21N3OS. The molecule has 0 saturated carbocycles. The van der Waals surface area contributed by atoms with Crippen molar-refractivity contribution in [2.75, 3.05) is 12.4 Å². The van der Waals surface area contributed by atoms with E-state index in [9.17, 15) is 5.11 Å². The number of hydrogen-bond acceptors (Lipinski definition) is 4. The molecule has 2 aliphatic rings. The molecule has 100 valence electrons. The number of hydrogen-bond donors (Lipinski definition) is 1. The Morgan fingerprint density at radius 3 is 3.00 bits per heavy atom. The quantitative estimate of drug-likeness (QED) is 0.910. The lowest BCUT2D eigenvalue weighted by Gasteiger charge is -2.19. The topological polar surface area (TPSA) is 50.9 Å². The van der Waals surface area contributed by atoms with Crippen molar-refractivity contribution in [1.29, 1.82) is 0 Å². The molecule has 2 atom stereocenters. The smallest absolute Gasteiger partial charge is 0.152 e. The molecule has 1 aromatic rings. The fourth-order valence-electron chi connectivity index (χ4n) is 2.92. The van der Waals surface area contributed by atoms with Gasteiger partial charge in [-0.2, -0.15) is 16.9 Å². The van der Waals surface area contributed by atoms with Crippen LogP contribution in [0.25, 0.3) is 0 Å². The molecule has 1 N–H and O–H groups in total. The van der Waals surface area contributed by atoms with Crippen LogP contribution < -0.4 is 0 Å². The fraction of sp³-hybridized carbons (Fsp3) is 0.846. The zero-order valence-corrected chi connectivity index (χ0v) is 11.5. The third kappa shape index (κ3) is 2.57. The molecule has 0 radical (unpaired) electrons. The second kappa shape index (κ2) is 5.61. The summed E-state index contributed by atoms with van der Waals surface area (Å²) in [5.41, 5.74) is 0. The van der Waals surface area contributed by atoms with E-state index in [4.69, 9.17) is 0 Å². The lowest BCUT2D eigenvalue weighted by atomic mass is 10.0. The van der Waals surface area contributed by atoms with E-state index in [0.29, 0.717) is 5.25 Å². The monoisotopic (exact) mass is 267 g/mol. The van der Waals surface area contributed by atoms with Crippen LogP contribution in [0, 0.1) is 0 Å². The molecule has 3 heterocycles. The number of rotatable bonds is 3. The molecule has 4 nitrogen and oxygen atoms in total. The van der Waals surface area contributed by atoms with Crippen LogP contribution in [0.5, 0.6) is 0 Å². The van der Waals surface area contributed by atoms with Crippen LogP contribution in [0.15, 0.2) is 0 Å². The maximum Gasteiger partial charge on any atom is 0.152 e. The van der Waals surface area contributed by atoms with Crippen LogP contribution in [0.1, 0.15) is 49.7 Å². The lowest BCUT2D eigenvalue weighted by molar-refractivity contribution is 0.234. The Balaban J connectivity index is 1.71. The van der Waals surface area contributed by atoms with Gasteiger partial charge in [-0.3, -0.25) is 0 Å². The molecule has 0 aliphatic carbocycles. The highest BCUT2D eigenvalue weighted by Crippen LogP contribution is 2.29. The SMILES string of the molecule is OCC1CCCn2nc(CC3CCCCS3)nc21. The largest absolute Gasteiger partial charge is 0.396 e. The summed E-state index contributed by atoms with van der Waals surface area (Å²) in [6.45, 7) is 1.17. The molecule has 0 bridgehead atoms. The van der Waals surface area contributed by atoms with E-state index >= 15 is 0 Å². The molecule has 3 rings (SSSR count). The third-order valence-corrected chi connectivity index (χ3v) is 5.33. The summed E-state index contributed by atoms with van der Waals surface area (Å²) in [4.78, 5) is 4.68. The van der Waals surface area contributed by atoms with Gasteiger partial charge in [0.05, 0.1) is 6.61 Å². The Bertz CT molecular complexity index is 401. The van der Waals surface area contributed by atoms with Gasteiger partial charge in [-0.15, -0.1) is 0 Å². The predicted molar refractivity (Wildman–Crippen MR) is 72.9 cm³/mol. The molecule has 18 heavy (non-hydrogen) atoms. The van der Waals surface area contributed by atoms with E-state index in [1.54, 1.807) is 0 Å². The van der Waals surface area contributed by atoms with Crippen molar-refractivity contribution in [2.45, 2.75) is 56.2 Å². The van der Waals surface area contributed by atoms with Crippen molar-refractivity contribution in [1.82, 2.24) is 14.8 Å². The fourth-order valence-corrected chi connectivity index (χ4v) is 4.22. The Hall–Kier alpha value is -0.550. The van der Waals surface area contributed by atoms with Crippen molar-refractivity contribution >= 4 is 11.8 Å². The van der Waals surface area contributed by atoms with Crippen LogP contribution in [0.2, 0.25) is 0 Å². The van der Waals surface area contributed by atoms with E-state index in [1.807, 2.05) is 4.68 Å². The molecule has 0 aromatic carbocycles. The highest BCUT2D eigenvalue weighted by atomic mass is 32.2. The summed E-state index contributed by atoms with van der Waals surface area (Å²) in [7, 11) is 0. The minimum absolute atomic E-state index is 0.205. The lowest BCUT2D eigenvalue weighted by Crippen LogP contribution is -2.19. The number of aliphatic hydroxyl groups excluding tert-OH is 1. The maximum atomic E-state index is 9.38. The van der Waals surface area contributed by atoms with Crippen LogP contribution in [-0.2, 0) is 13.0 Å². The van der Waals surface area contributed by atoms with Crippen LogP contribution >= 0.6 is 11.8 Å². The molecule has 1 saturated heterocycles. The Morgan fingerprint density at radius 2 is 2.22 bits per heavy atom. The predicted octanol–water partition coefficient (Wildman–Crippen LogP) is 1.98. The van der Waals surface area contributed by atoms with Crippen molar-refractivity contribution in [3.63, 3.8) is 0 Å². The van der Waals surface area contributed by atoms with Gasteiger partial charge in [-0.25, -0.2) is 9.67 Å². The maximum absolute atomic E-state index is 9.38. The van der Waals surface area contributed by atoms with Gasteiger partial charge in [-0.05, 0) is 31.4 Å². The van der Waals surface area contributed by atoms with Crippen LogP contribution in [0.3, 0.4) is 0 Å². The first-order valence-electron chi connectivity index (χ1n) is 7.03. The standard InChI is InChI=1S/C13H21N3OS/c17-9-10-4-3-6-16-13(10)14-12(15-16)8-11-5-1-2-7-18-11/h10-11,17H,1-9H2. The van der Waals surface area contributed by atoms with Gasteiger partial charge < -0.3 is 5.11 Å². The number of aliphatic hydroxyl groups is 1. The summed E-state index contributed by atoms with van der Waals surface area (Å²) >= 11 is 2.07. The summed E-state index contributed by atoms with van der Waals surface area (Å²) in [6.07, 6.45) is 7.18. The zero-order chi connectivity index (χ0) is 12.4. The van der Waals surface area contributed by atoms with Crippen molar-refractivity contribution in [2.24, 2.45) is 0 Å². The second-order valence-corrected chi connectivity index (χ2v) is 6.73. The number of aromatic nitrogens is 3. The number of thioether (sulfide) groups is 1. The summed E-state index contributed by atoms with van der Waals surface area (Å²) in [6, 6.07) is 0. The molecule has 0 spiro atoms. The second-order valence-electron chi connectivity index (χ2n) is 5.32. The summed E-state index contributed by atoms with van der Waals surface area (Å²) in [5.74, 6) is 3.50. The highest BCUT2D eigenvalue weighted by Gasteiger charge is 2.25. The molecule has 0 amide bonds. The molecule has 2 aliphatic heterocycles. The van der Waals surface area contributed by atoms with Crippen molar-refractivity contribution in [3.8, 4) is 0 Å². The molecule has 1 fully saturated rings. The van der Waals surface area contributed by atoms with E-state index in [2.05, 4.69) is 21.8 Å². The first-order chi connectivity index (χ1) is 8.86. The van der Waals surface area contributed by atoms with Crippen molar-refractivity contribution in [3.05, 3.63) is 11.6 Å². The Kier molecular flexibility index (Phi) is 3.89. The van der Waals surface area contributed by atoms with E-state index in [0.717, 1.165) is 37.5 Å². The van der Waals surface area contributed by atoms with E-state index in [-0.39, 0.29) is 12.5 Å². The first-order valence-corrected chi connectivity index (χ1v) is 8.08. The molecule has 2 unspecified atom stereocenters. The van der Waals surface area contributed by atoms with Crippen LogP contribution in [0.4, 0.5) is 0 Å². The van der Waals surface area contributed by atoms with Crippen molar-refractivity contribution < 1.29 is 5.11 Å². The zero-order valence-electron chi connectivity index (χ0n) is 10.7. The Morgan fingerprint density at radius 1 is 1.28 bits per heavy atom. The van der Waals surface area contributed by atoms with Gasteiger partial charge in [0.2, 0.25) is 0 Å². The van der Waals surface area contributed by atoms with Gasteiger partial charge in [0.1, 0.15) is 5.82 Å².